The van der Waals surface area contributed by atoms with Gasteiger partial charge in [0.25, 0.3) is 0 Å². The van der Waals surface area contributed by atoms with Gasteiger partial charge in [-0.05, 0) is 42.9 Å². The molecule has 0 spiro atoms. The van der Waals surface area contributed by atoms with Crippen LogP contribution in [0, 0.1) is 5.92 Å². The van der Waals surface area contributed by atoms with Crippen molar-refractivity contribution in [1.29, 1.82) is 0 Å². The summed E-state index contributed by atoms with van der Waals surface area (Å²) in [5.41, 5.74) is 1.35. The fraction of sp³-hybridized carbons (Fsp3) is 0.500. The number of unbranched alkanes of at least 4 members (excludes halogenated alkanes) is 2. The molecule has 0 aliphatic carbocycles. The third-order valence-corrected chi connectivity index (χ3v) is 3.35. The van der Waals surface area contributed by atoms with E-state index in [1.54, 1.807) is 12.1 Å². The van der Waals surface area contributed by atoms with Crippen molar-refractivity contribution in [3.05, 3.63) is 41.5 Å². The topological polar surface area (TPSA) is 69.6 Å². The van der Waals surface area contributed by atoms with E-state index >= 15 is 0 Å². The molecule has 22 heavy (non-hydrogen) atoms. The molecule has 0 unspecified atom stereocenters. The third kappa shape index (κ3) is 7.27. The summed E-state index contributed by atoms with van der Waals surface area (Å²) in [5.74, 6) is 0.691. The Kier molecular flexibility index (Phi) is 8.30. The molecule has 0 radical (unpaired) electrons. The van der Waals surface area contributed by atoms with Crippen molar-refractivity contribution in [3.63, 3.8) is 0 Å². The Labute approximate surface area is 132 Å². The van der Waals surface area contributed by atoms with Gasteiger partial charge < -0.3 is 15.5 Å². The lowest BCUT2D eigenvalue weighted by Gasteiger charge is -2.07. The first-order chi connectivity index (χ1) is 10.5. The van der Waals surface area contributed by atoms with E-state index in [1.165, 1.54) is 6.07 Å². The number of phenols is 1. The molecule has 1 amide bonds. The van der Waals surface area contributed by atoms with Gasteiger partial charge in [0.05, 0.1) is 6.61 Å². The molecule has 0 bridgehead atoms. The van der Waals surface area contributed by atoms with Crippen LogP contribution in [0.25, 0.3) is 0 Å². The van der Waals surface area contributed by atoms with E-state index in [0.717, 1.165) is 24.8 Å². The van der Waals surface area contributed by atoms with Crippen molar-refractivity contribution in [2.45, 2.75) is 52.7 Å². The Hall–Kier alpha value is -1.81. The molecule has 1 aromatic carbocycles. The van der Waals surface area contributed by atoms with E-state index in [4.69, 9.17) is 5.11 Å². The monoisotopic (exact) mass is 305 g/mol. The summed E-state index contributed by atoms with van der Waals surface area (Å²) in [6.07, 6.45) is 7.80. The second kappa shape index (κ2) is 10.0. The summed E-state index contributed by atoms with van der Waals surface area (Å²) >= 11 is 0. The number of aromatic hydroxyl groups is 1. The van der Waals surface area contributed by atoms with Gasteiger partial charge in [0.1, 0.15) is 5.75 Å². The van der Waals surface area contributed by atoms with Gasteiger partial charge in [-0.15, -0.1) is 0 Å². The van der Waals surface area contributed by atoms with Gasteiger partial charge >= 0.3 is 0 Å². The van der Waals surface area contributed by atoms with E-state index < -0.39 is 0 Å². The van der Waals surface area contributed by atoms with Crippen molar-refractivity contribution in [2.75, 3.05) is 0 Å². The van der Waals surface area contributed by atoms with Gasteiger partial charge in [0, 0.05) is 18.5 Å². The number of nitrogens with one attached hydrogen (secondary N) is 1. The number of carbonyl (C=O) groups is 1. The molecule has 0 saturated carbocycles. The molecule has 0 atom stereocenters. The summed E-state index contributed by atoms with van der Waals surface area (Å²) in [6.45, 7) is 4.50. The maximum atomic E-state index is 11.8. The minimum atomic E-state index is -0.211. The fourth-order valence-corrected chi connectivity index (χ4v) is 2.08. The highest BCUT2D eigenvalue weighted by molar-refractivity contribution is 5.75. The van der Waals surface area contributed by atoms with Crippen molar-refractivity contribution >= 4 is 5.91 Å². The molecule has 0 aliphatic rings. The predicted molar refractivity (Wildman–Crippen MR) is 88.3 cm³/mol. The SMILES string of the molecule is CC(C)C=CCCCCC(=O)NCc1ccc(O)c(CO)c1. The summed E-state index contributed by atoms with van der Waals surface area (Å²) in [5, 5.41) is 21.4. The Morgan fingerprint density at radius 1 is 1.32 bits per heavy atom. The minimum Gasteiger partial charge on any atom is -0.508 e. The average Bonchev–Trinajstić information content (AvgIpc) is 2.49. The highest BCUT2D eigenvalue weighted by Crippen LogP contribution is 2.18. The molecule has 0 heterocycles. The van der Waals surface area contributed by atoms with Crippen LogP contribution in [-0.4, -0.2) is 16.1 Å². The van der Waals surface area contributed by atoms with Gasteiger partial charge in [-0.25, -0.2) is 0 Å². The molecular weight excluding hydrogens is 278 g/mol. The van der Waals surface area contributed by atoms with Crippen LogP contribution in [-0.2, 0) is 17.9 Å². The molecule has 0 fully saturated rings. The molecule has 4 nitrogen and oxygen atoms in total. The average molecular weight is 305 g/mol. The van der Waals surface area contributed by atoms with Crippen LogP contribution >= 0.6 is 0 Å². The molecule has 3 N–H and O–H groups in total. The first-order valence-electron chi connectivity index (χ1n) is 7.88. The number of carbonyl (C=O) groups excluding carboxylic acids is 1. The van der Waals surface area contributed by atoms with Crippen LogP contribution in [0.4, 0.5) is 0 Å². The standard InChI is InChI=1S/C18H27NO3/c1-14(2)7-5-3-4-6-8-18(22)19-12-15-9-10-17(21)16(11-15)13-20/h5,7,9-11,14,20-21H,3-4,6,8,12-13H2,1-2H3,(H,19,22). The minimum absolute atomic E-state index is 0.0338. The first-order valence-corrected chi connectivity index (χ1v) is 7.88. The second-order valence-electron chi connectivity index (χ2n) is 5.82. The largest absolute Gasteiger partial charge is 0.508 e. The molecule has 0 aromatic heterocycles. The lowest BCUT2D eigenvalue weighted by Crippen LogP contribution is -2.22. The number of benzene rings is 1. The quantitative estimate of drug-likeness (QED) is 0.484. The van der Waals surface area contributed by atoms with Crippen LogP contribution in [0.3, 0.4) is 0 Å². The van der Waals surface area contributed by atoms with Crippen LogP contribution in [0.5, 0.6) is 5.75 Å². The normalized spacial score (nSPS) is 11.3. The second-order valence-corrected chi connectivity index (χ2v) is 5.82. The number of rotatable bonds is 9. The lowest BCUT2D eigenvalue weighted by atomic mass is 10.1. The number of aliphatic hydroxyl groups is 1. The van der Waals surface area contributed by atoms with Crippen molar-refractivity contribution < 1.29 is 15.0 Å². The van der Waals surface area contributed by atoms with Crippen molar-refractivity contribution in [3.8, 4) is 5.75 Å². The Bertz CT molecular complexity index is 495. The highest BCUT2D eigenvalue weighted by Gasteiger charge is 2.04. The summed E-state index contributed by atoms with van der Waals surface area (Å²) in [6, 6.07) is 4.98. The van der Waals surface area contributed by atoms with Crippen LogP contribution in [0.1, 0.15) is 50.7 Å². The molecule has 1 aromatic rings. The number of hydrogen-bond acceptors (Lipinski definition) is 3. The number of allylic oxidation sites excluding steroid dienone is 2. The van der Waals surface area contributed by atoms with E-state index in [2.05, 4.69) is 31.3 Å². The van der Waals surface area contributed by atoms with Gasteiger partial charge in [0.2, 0.25) is 5.91 Å². The van der Waals surface area contributed by atoms with Crippen molar-refractivity contribution in [1.82, 2.24) is 5.32 Å². The summed E-state index contributed by atoms with van der Waals surface area (Å²) in [7, 11) is 0. The third-order valence-electron chi connectivity index (χ3n) is 3.35. The van der Waals surface area contributed by atoms with Crippen LogP contribution in [0.15, 0.2) is 30.4 Å². The fourth-order valence-electron chi connectivity index (χ4n) is 2.08. The van der Waals surface area contributed by atoms with Gasteiger partial charge in [-0.1, -0.05) is 32.1 Å². The zero-order valence-electron chi connectivity index (χ0n) is 13.5. The van der Waals surface area contributed by atoms with Gasteiger partial charge in [0.15, 0.2) is 0 Å². The zero-order valence-corrected chi connectivity index (χ0v) is 13.5. The molecule has 0 aliphatic heterocycles. The maximum absolute atomic E-state index is 11.8. The van der Waals surface area contributed by atoms with E-state index in [1.807, 2.05) is 0 Å². The highest BCUT2D eigenvalue weighted by atomic mass is 16.3. The van der Waals surface area contributed by atoms with Crippen LogP contribution < -0.4 is 5.32 Å². The van der Waals surface area contributed by atoms with Gasteiger partial charge in [-0.3, -0.25) is 4.79 Å². The Balaban J connectivity index is 2.23. The Morgan fingerprint density at radius 2 is 2.09 bits per heavy atom. The maximum Gasteiger partial charge on any atom is 0.220 e. The van der Waals surface area contributed by atoms with E-state index in [-0.39, 0.29) is 18.3 Å². The number of aliphatic hydroxyl groups excluding tert-OH is 1. The Morgan fingerprint density at radius 3 is 2.77 bits per heavy atom. The van der Waals surface area contributed by atoms with Crippen molar-refractivity contribution in [2.24, 2.45) is 5.92 Å². The first kappa shape index (κ1) is 18.2. The molecule has 0 saturated heterocycles. The lowest BCUT2D eigenvalue weighted by molar-refractivity contribution is -0.121. The van der Waals surface area contributed by atoms with E-state index in [9.17, 15) is 9.90 Å². The predicted octanol–water partition coefficient (Wildman–Crippen LogP) is 3.27. The smallest absolute Gasteiger partial charge is 0.220 e. The summed E-state index contributed by atoms with van der Waals surface area (Å²) < 4.78 is 0. The zero-order chi connectivity index (χ0) is 16.4. The van der Waals surface area contributed by atoms with Crippen LogP contribution in [0.2, 0.25) is 0 Å². The van der Waals surface area contributed by atoms with E-state index in [0.29, 0.717) is 24.4 Å². The molecule has 122 valence electrons. The number of hydrogen-bond donors (Lipinski definition) is 3. The number of amides is 1. The molecule has 4 heteroatoms. The molecule has 1 rings (SSSR count). The molecular formula is C18H27NO3. The van der Waals surface area contributed by atoms with Gasteiger partial charge in [-0.2, -0.15) is 0 Å². The summed E-state index contributed by atoms with van der Waals surface area (Å²) in [4.78, 5) is 11.8.